The molecule has 1 amide bonds. The number of aryl methyl sites for hydroxylation is 1. The van der Waals surface area contributed by atoms with Crippen molar-refractivity contribution in [2.45, 2.75) is 19.5 Å². The molecule has 0 unspecified atom stereocenters. The Morgan fingerprint density at radius 1 is 1.19 bits per heavy atom. The second kappa shape index (κ2) is 7.60. The van der Waals surface area contributed by atoms with Crippen molar-refractivity contribution < 1.29 is 19.1 Å². The highest BCUT2D eigenvalue weighted by molar-refractivity contribution is 5.89. The zero-order valence-corrected chi connectivity index (χ0v) is 13.7. The van der Waals surface area contributed by atoms with E-state index in [-0.39, 0.29) is 36.9 Å². The van der Waals surface area contributed by atoms with Gasteiger partial charge in [-0.25, -0.2) is 9.18 Å². The third-order valence-corrected chi connectivity index (χ3v) is 3.68. The molecule has 0 bridgehead atoms. The Morgan fingerprint density at radius 2 is 2.00 bits per heavy atom. The summed E-state index contributed by atoms with van der Waals surface area (Å²) in [5.41, 5.74) is 0.514. The fraction of sp³-hybridized carbons (Fsp3) is 0.176. The molecule has 1 aromatic carbocycles. The Labute approximate surface area is 147 Å². The van der Waals surface area contributed by atoms with Gasteiger partial charge in [0.15, 0.2) is 5.82 Å². The molecule has 0 aliphatic carbocycles. The quantitative estimate of drug-likeness (QED) is 0.673. The van der Waals surface area contributed by atoms with Crippen LogP contribution in [0.15, 0.2) is 48.8 Å². The molecule has 0 radical (unpaired) electrons. The molecule has 0 aliphatic heterocycles. The third kappa shape index (κ3) is 4.12. The molecule has 0 aliphatic rings. The molecule has 0 atom stereocenters. The second-order valence-electron chi connectivity index (χ2n) is 5.53. The van der Waals surface area contributed by atoms with Gasteiger partial charge in [0.1, 0.15) is 11.5 Å². The van der Waals surface area contributed by atoms with Crippen molar-refractivity contribution in [3.8, 4) is 0 Å². The van der Waals surface area contributed by atoms with Crippen molar-refractivity contribution in [3.63, 3.8) is 0 Å². The van der Waals surface area contributed by atoms with E-state index in [4.69, 9.17) is 5.11 Å². The van der Waals surface area contributed by atoms with Crippen molar-refractivity contribution in [3.05, 3.63) is 65.9 Å². The van der Waals surface area contributed by atoms with Gasteiger partial charge in [-0.05, 0) is 12.1 Å². The van der Waals surface area contributed by atoms with Crippen LogP contribution >= 0.6 is 0 Å². The first-order valence-corrected chi connectivity index (χ1v) is 7.85. The summed E-state index contributed by atoms with van der Waals surface area (Å²) in [5.74, 6) is -1.41. The van der Waals surface area contributed by atoms with E-state index in [0.29, 0.717) is 11.4 Å². The van der Waals surface area contributed by atoms with E-state index in [1.165, 1.54) is 27.7 Å². The van der Waals surface area contributed by atoms with E-state index in [0.717, 1.165) is 0 Å². The molecular weight excluding hydrogens is 341 g/mol. The average molecular weight is 357 g/mol. The lowest BCUT2D eigenvalue weighted by Crippen LogP contribution is -2.17. The van der Waals surface area contributed by atoms with E-state index in [1.807, 2.05) is 0 Å². The number of aromatic carboxylic acids is 1. The zero-order chi connectivity index (χ0) is 18.5. The molecule has 9 heteroatoms. The molecule has 2 aromatic heterocycles. The summed E-state index contributed by atoms with van der Waals surface area (Å²) in [5, 5.41) is 19.7. The maximum absolute atomic E-state index is 13.7. The molecule has 0 fully saturated rings. The predicted octanol–water partition coefficient (Wildman–Crippen LogP) is 1.99. The lowest BCUT2D eigenvalue weighted by Gasteiger charge is -2.05. The molecule has 8 nitrogen and oxygen atoms in total. The summed E-state index contributed by atoms with van der Waals surface area (Å²) < 4.78 is 16.4. The number of halogens is 1. The summed E-state index contributed by atoms with van der Waals surface area (Å²) in [6.07, 6.45) is 3.05. The van der Waals surface area contributed by atoms with Gasteiger partial charge in [0, 0.05) is 30.4 Å². The van der Waals surface area contributed by atoms with E-state index >= 15 is 0 Å². The van der Waals surface area contributed by atoms with Crippen molar-refractivity contribution in [2.24, 2.45) is 0 Å². The molecule has 0 saturated carbocycles. The summed E-state index contributed by atoms with van der Waals surface area (Å²) in [6.45, 7) is 0.383. The van der Waals surface area contributed by atoms with Crippen LogP contribution in [0.1, 0.15) is 22.5 Å². The average Bonchev–Trinajstić information content (AvgIpc) is 3.24. The van der Waals surface area contributed by atoms with Gasteiger partial charge in [-0.15, -0.1) is 0 Å². The number of carboxylic acids is 1. The van der Waals surface area contributed by atoms with Crippen LogP contribution in [0, 0.1) is 5.82 Å². The Morgan fingerprint density at radius 3 is 2.77 bits per heavy atom. The predicted molar refractivity (Wildman–Crippen MR) is 90.2 cm³/mol. The normalized spacial score (nSPS) is 10.7. The van der Waals surface area contributed by atoms with Gasteiger partial charge >= 0.3 is 5.97 Å². The zero-order valence-electron chi connectivity index (χ0n) is 13.7. The van der Waals surface area contributed by atoms with Gasteiger partial charge in [0.25, 0.3) is 0 Å². The van der Waals surface area contributed by atoms with Crippen LogP contribution in [0.4, 0.5) is 10.2 Å². The first kappa shape index (κ1) is 17.3. The highest BCUT2D eigenvalue weighted by atomic mass is 19.1. The maximum Gasteiger partial charge on any atom is 0.354 e. The Balaban J connectivity index is 1.55. The number of carbonyl (C=O) groups is 2. The molecule has 2 N–H and O–H groups in total. The minimum absolute atomic E-state index is 0.0203. The van der Waals surface area contributed by atoms with Gasteiger partial charge in [-0.2, -0.15) is 10.2 Å². The molecule has 3 aromatic rings. The van der Waals surface area contributed by atoms with Crippen LogP contribution in [-0.4, -0.2) is 36.5 Å². The van der Waals surface area contributed by atoms with Crippen LogP contribution in [0.2, 0.25) is 0 Å². The molecule has 0 spiro atoms. The first-order chi connectivity index (χ1) is 12.5. The SMILES string of the molecule is O=C(CCn1nccc1C(=O)O)Nc1ccn(Cc2ccccc2F)n1. The minimum Gasteiger partial charge on any atom is -0.477 e. The van der Waals surface area contributed by atoms with E-state index in [1.54, 1.807) is 30.5 Å². The number of rotatable bonds is 7. The fourth-order valence-corrected chi connectivity index (χ4v) is 2.42. The van der Waals surface area contributed by atoms with E-state index in [9.17, 15) is 14.0 Å². The van der Waals surface area contributed by atoms with Crippen molar-refractivity contribution in [1.29, 1.82) is 0 Å². The molecule has 26 heavy (non-hydrogen) atoms. The minimum atomic E-state index is -1.10. The number of carbonyl (C=O) groups excluding carboxylic acids is 1. The van der Waals surface area contributed by atoms with Crippen molar-refractivity contribution in [2.75, 3.05) is 5.32 Å². The number of anilines is 1. The lowest BCUT2D eigenvalue weighted by atomic mass is 10.2. The number of hydrogen-bond acceptors (Lipinski definition) is 4. The number of aromatic nitrogens is 4. The number of benzene rings is 1. The molecular formula is C17H16FN5O3. The van der Waals surface area contributed by atoms with Crippen LogP contribution in [0.25, 0.3) is 0 Å². The standard InChI is InChI=1S/C17H16FN5O3/c18-13-4-2-1-3-12(13)11-22-9-6-15(21-22)20-16(24)7-10-23-14(17(25)26)5-8-19-23/h1-6,8-9H,7,10-11H2,(H,25,26)(H,20,21,24). The number of amides is 1. The largest absolute Gasteiger partial charge is 0.477 e. The number of nitrogens with zero attached hydrogens (tertiary/aromatic N) is 4. The van der Waals surface area contributed by atoms with Gasteiger partial charge in [0.05, 0.1) is 13.1 Å². The van der Waals surface area contributed by atoms with Crippen LogP contribution in [-0.2, 0) is 17.9 Å². The van der Waals surface area contributed by atoms with Gasteiger partial charge in [-0.1, -0.05) is 18.2 Å². The van der Waals surface area contributed by atoms with Crippen molar-refractivity contribution in [1.82, 2.24) is 19.6 Å². The van der Waals surface area contributed by atoms with E-state index in [2.05, 4.69) is 15.5 Å². The number of nitrogens with one attached hydrogen (secondary N) is 1. The number of hydrogen-bond donors (Lipinski definition) is 2. The van der Waals surface area contributed by atoms with Crippen LogP contribution in [0.3, 0.4) is 0 Å². The molecule has 2 heterocycles. The highest BCUT2D eigenvalue weighted by Crippen LogP contribution is 2.10. The van der Waals surface area contributed by atoms with E-state index < -0.39 is 5.97 Å². The van der Waals surface area contributed by atoms with Crippen molar-refractivity contribution >= 4 is 17.7 Å². The molecule has 3 rings (SSSR count). The summed E-state index contributed by atoms with van der Waals surface area (Å²) in [7, 11) is 0. The number of carboxylic acid groups (broad SMARTS) is 1. The summed E-state index contributed by atoms with van der Waals surface area (Å²) >= 11 is 0. The van der Waals surface area contributed by atoms with Crippen LogP contribution in [0.5, 0.6) is 0 Å². The molecule has 134 valence electrons. The first-order valence-electron chi connectivity index (χ1n) is 7.85. The Bertz CT molecular complexity index is 934. The van der Waals surface area contributed by atoms with Gasteiger partial charge in [-0.3, -0.25) is 14.2 Å². The maximum atomic E-state index is 13.7. The Kier molecular flexibility index (Phi) is 5.07. The summed E-state index contributed by atoms with van der Waals surface area (Å²) in [6, 6.07) is 9.37. The lowest BCUT2D eigenvalue weighted by molar-refractivity contribution is -0.116. The Hall–Kier alpha value is -3.49. The summed E-state index contributed by atoms with van der Waals surface area (Å²) in [4.78, 5) is 23.0. The topological polar surface area (TPSA) is 102 Å². The highest BCUT2D eigenvalue weighted by Gasteiger charge is 2.12. The smallest absolute Gasteiger partial charge is 0.354 e. The second-order valence-corrected chi connectivity index (χ2v) is 5.53. The van der Waals surface area contributed by atoms with Gasteiger partial charge < -0.3 is 10.4 Å². The van der Waals surface area contributed by atoms with Gasteiger partial charge in [0.2, 0.25) is 5.91 Å². The third-order valence-electron chi connectivity index (χ3n) is 3.68. The monoisotopic (exact) mass is 357 g/mol. The fourth-order valence-electron chi connectivity index (χ4n) is 2.42. The molecule has 0 saturated heterocycles. The van der Waals surface area contributed by atoms with Crippen LogP contribution < -0.4 is 5.32 Å².